The average molecular weight is 151 g/mol. The van der Waals surface area contributed by atoms with Crippen molar-refractivity contribution in [2.75, 3.05) is 0 Å². The van der Waals surface area contributed by atoms with Gasteiger partial charge in [-0.1, -0.05) is 18.6 Å². The second-order valence-electron chi connectivity index (χ2n) is 3.28. The molecule has 1 heterocycles. The number of nitrogens with zero attached hydrogens (tertiary/aromatic N) is 3. The standard InChI is InChI=1S/C8H13N3/c1-2-7-5-8(6-7)11-4-3-9-10-11/h3-4,7-8H,2,5-6H2,1H3. The van der Waals surface area contributed by atoms with Crippen LogP contribution >= 0.6 is 0 Å². The van der Waals surface area contributed by atoms with E-state index in [1.807, 2.05) is 10.9 Å². The van der Waals surface area contributed by atoms with Gasteiger partial charge in [-0.05, 0) is 18.8 Å². The normalized spacial score (nSPS) is 29.9. The predicted octanol–water partition coefficient (Wildman–Crippen LogP) is 1.64. The number of hydrogen-bond donors (Lipinski definition) is 0. The molecule has 1 fully saturated rings. The molecule has 1 aliphatic rings. The third-order valence-electron chi connectivity index (χ3n) is 2.60. The summed E-state index contributed by atoms with van der Waals surface area (Å²) in [6, 6.07) is 0.641. The first-order valence-corrected chi connectivity index (χ1v) is 4.26. The van der Waals surface area contributed by atoms with Crippen LogP contribution in [0.25, 0.3) is 0 Å². The van der Waals surface area contributed by atoms with Crippen LogP contribution in [-0.4, -0.2) is 15.0 Å². The van der Waals surface area contributed by atoms with Gasteiger partial charge >= 0.3 is 0 Å². The number of rotatable bonds is 2. The van der Waals surface area contributed by atoms with Gasteiger partial charge in [-0.25, -0.2) is 4.68 Å². The van der Waals surface area contributed by atoms with E-state index in [1.54, 1.807) is 6.20 Å². The highest BCUT2D eigenvalue weighted by molar-refractivity contribution is 4.84. The maximum absolute atomic E-state index is 3.97. The minimum Gasteiger partial charge on any atom is -0.250 e. The SMILES string of the molecule is CCC1CC(n2ccnn2)C1. The van der Waals surface area contributed by atoms with Crippen LogP contribution in [0.5, 0.6) is 0 Å². The molecule has 0 aliphatic heterocycles. The van der Waals surface area contributed by atoms with E-state index in [-0.39, 0.29) is 0 Å². The van der Waals surface area contributed by atoms with Crippen LogP contribution in [0.3, 0.4) is 0 Å². The monoisotopic (exact) mass is 151 g/mol. The maximum Gasteiger partial charge on any atom is 0.0693 e. The van der Waals surface area contributed by atoms with Gasteiger partial charge in [-0.15, -0.1) is 5.10 Å². The van der Waals surface area contributed by atoms with Crippen molar-refractivity contribution in [1.82, 2.24) is 15.0 Å². The molecule has 11 heavy (non-hydrogen) atoms. The Labute approximate surface area is 66.4 Å². The summed E-state index contributed by atoms with van der Waals surface area (Å²) in [7, 11) is 0. The van der Waals surface area contributed by atoms with Crippen molar-refractivity contribution in [3.63, 3.8) is 0 Å². The summed E-state index contributed by atoms with van der Waals surface area (Å²) < 4.78 is 1.98. The first kappa shape index (κ1) is 6.83. The molecule has 0 saturated heterocycles. The van der Waals surface area contributed by atoms with Gasteiger partial charge in [0.1, 0.15) is 0 Å². The summed E-state index contributed by atoms with van der Waals surface area (Å²) in [5.41, 5.74) is 0. The lowest BCUT2D eigenvalue weighted by molar-refractivity contribution is 0.176. The zero-order valence-corrected chi connectivity index (χ0v) is 6.77. The Balaban J connectivity index is 1.92. The second-order valence-corrected chi connectivity index (χ2v) is 3.28. The molecule has 3 heteroatoms. The van der Waals surface area contributed by atoms with Crippen LogP contribution in [0.2, 0.25) is 0 Å². The minimum absolute atomic E-state index is 0.641. The van der Waals surface area contributed by atoms with Gasteiger partial charge in [-0.3, -0.25) is 0 Å². The van der Waals surface area contributed by atoms with Crippen LogP contribution in [0.1, 0.15) is 32.2 Å². The molecule has 0 unspecified atom stereocenters. The third-order valence-corrected chi connectivity index (χ3v) is 2.60. The molecule has 1 aromatic heterocycles. The fraction of sp³-hybridized carbons (Fsp3) is 0.750. The summed E-state index contributed by atoms with van der Waals surface area (Å²) in [5, 5.41) is 7.76. The second kappa shape index (κ2) is 2.64. The molecule has 0 aromatic carbocycles. The van der Waals surface area contributed by atoms with Gasteiger partial charge in [0.2, 0.25) is 0 Å². The molecule has 1 saturated carbocycles. The molecule has 0 bridgehead atoms. The van der Waals surface area contributed by atoms with E-state index in [0.29, 0.717) is 6.04 Å². The van der Waals surface area contributed by atoms with Crippen LogP contribution in [0.4, 0.5) is 0 Å². The smallest absolute Gasteiger partial charge is 0.0693 e. The minimum atomic E-state index is 0.641. The molecular formula is C8H13N3. The van der Waals surface area contributed by atoms with Gasteiger partial charge in [0.25, 0.3) is 0 Å². The Morgan fingerprint density at radius 2 is 2.36 bits per heavy atom. The summed E-state index contributed by atoms with van der Waals surface area (Å²) in [4.78, 5) is 0. The Kier molecular flexibility index (Phi) is 1.64. The van der Waals surface area contributed by atoms with Crippen LogP contribution in [-0.2, 0) is 0 Å². The quantitative estimate of drug-likeness (QED) is 0.643. The Morgan fingerprint density at radius 3 is 2.91 bits per heavy atom. The summed E-state index contributed by atoms with van der Waals surface area (Å²) in [6.45, 7) is 2.25. The molecule has 0 radical (unpaired) electrons. The fourth-order valence-electron chi connectivity index (χ4n) is 1.66. The predicted molar refractivity (Wildman–Crippen MR) is 42.1 cm³/mol. The molecule has 0 N–H and O–H groups in total. The highest BCUT2D eigenvalue weighted by Gasteiger charge is 2.29. The molecule has 0 spiro atoms. The van der Waals surface area contributed by atoms with E-state index in [0.717, 1.165) is 5.92 Å². The molecule has 3 nitrogen and oxygen atoms in total. The highest BCUT2D eigenvalue weighted by Crippen LogP contribution is 2.38. The zero-order valence-electron chi connectivity index (χ0n) is 6.77. The molecule has 0 amide bonds. The molecular weight excluding hydrogens is 138 g/mol. The molecule has 60 valence electrons. The van der Waals surface area contributed by atoms with Gasteiger partial charge in [0.05, 0.1) is 12.2 Å². The Bertz CT molecular complexity index is 211. The number of aromatic nitrogens is 3. The van der Waals surface area contributed by atoms with Crippen LogP contribution in [0.15, 0.2) is 12.4 Å². The first-order valence-electron chi connectivity index (χ1n) is 4.26. The van der Waals surface area contributed by atoms with Crippen molar-refractivity contribution < 1.29 is 0 Å². The largest absolute Gasteiger partial charge is 0.250 e. The molecule has 2 rings (SSSR count). The lowest BCUT2D eigenvalue weighted by Crippen LogP contribution is -2.26. The van der Waals surface area contributed by atoms with E-state index >= 15 is 0 Å². The van der Waals surface area contributed by atoms with Crippen LogP contribution in [0, 0.1) is 5.92 Å². The Morgan fingerprint density at radius 1 is 1.55 bits per heavy atom. The maximum atomic E-state index is 3.97. The fourth-order valence-corrected chi connectivity index (χ4v) is 1.66. The van der Waals surface area contributed by atoms with Crippen molar-refractivity contribution in [2.24, 2.45) is 5.92 Å². The van der Waals surface area contributed by atoms with Gasteiger partial charge in [0, 0.05) is 6.20 Å². The zero-order chi connectivity index (χ0) is 7.68. The summed E-state index contributed by atoms with van der Waals surface area (Å²) >= 11 is 0. The first-order chi connectivity index (χ1) is 5.40. The lowest BCUT2D eigenvalue weighted by atomic mass is 9.79. The van der Waals surface area contributed by atoms with Crippen molar-refractivity contribution in [3.8, 4) is 0 Å². The highest BCUT2D eigenvalue weighted by atomic mass is 15.4. The summed E-state index contributed by atoms with van der Waals surface area (Å²) in [5.74, 6) is 0.934. The van der Waals surface area contributed by atoms with Crippen molar-refractivity contribution in [1.29, 1.82) is 0 Å². The van der Waals surface area contributed by atoms with E-state index in [1.165, 1.54) is 19.3 Å². The van der Waals surface area contributed by atoms with Crippen LogP contribution < -0.4 is 0 Å². The van der Waals surface area contributed by atoms with E-state index in [4.69, 9.17) is 0 Å². The summed E-state index contributed by atoms with van der Waals surface area (Å²) in [6.07, 6.45) is 7.60. The van der Waals surface area contributed by atoms with E-state index in [9.17, 15) is 0 Å². The van der Waals surface area contributed by atoms with Crippen molar-refractivity contribution >= 4 is 0 Å². The third kappa shape index (κ3) is 1.15. The average Bonchev–Trinajstić information content (AvgIpc) is 2.37. The molecule has 0 atom stereocenters. The molecule has 1 aromatic rings. The van der Waals surface area contributed by atoms with Crippen molar-refractivity contribution in [3.05, 3.63) is 12.4 Å². The Hall–Kier alpha value is -0.860. The molecule has 1 aliphatic carbocycles. The van der Waals surface area contributed by atoms with E-state index in [2.05, 4.69) is 17.2 Å². The van der Waals surface area contributed by atoms with Gasteiger partial charge in [0.15, 0.2) is 0 Å². The van der Waals surface area contributed by atoms with Gasteiger partial charge in [-0.2, -0.15) is 0 Å². The van der Waals surface area contributed by atoms with Crippen molar-refractivity contribution in [2.45, 2.75) is 32.2 Å². The van der Waals surface area contributed by atoms with Gasteiger partial charge < -0.3 is 0 Å². The topological polar surface area (TPSA) is 30.7 Å². The number of hydrogen-bond acceptors (Lipinski definition) is 2. The lowest BCUT2D eigenvalue weighted by Gasteiger charge is -2.34. The van der Waals surface area contributed by atoms with E-state index < -0.39 is 0 Å².